The Kier molecular flexibility index (Phi) is 4.21. The molecule has 2 unspecified atom stereocenters. The van der Waals surface area contributed by atoms with E-state index < -0.39 is 0 Å². The fourth-order valence-electron chi connectivity index (χ4n) is 2.74. The van der Waals surface area contributed by atoms with Gasteiger partial charge in [0.15, 0.2) is 0 Å². The second kappa shape index (κ2) is 6.11. The number of rotatable bonds is 2. The fourth-order valence-corrected chi connectivity index (χ4v) is 2.95. The quantitative estimate of drug-likeness (QED) is 0.797. The summed E-state index contributed by atoms with van der Waals surface area (Å²) in [5, 5.41) is 0. The SMILES string of the molecule is NC1C=CC(C(=O)N2CCN(c3ncc(Br)cn3)CC2)C1. The second-order valence-corrected chi connectivity index (χ2v) is 6.32. The molecule has 1 aromatic heterocycles. The Morgan fingerprint density at radius 1 is 1.19 bits per heavy atom. The van der Waals surface area contributed by atoms with Crippen molar-refractivity contribution in [3.05, 3.63) is 29.0 Å². The van der Waals surface area contributed by atoms with Gasteiger partial charge in [-0.05, 0) is 22.4 Å². The summed E-state index contributed by atoms with van der Waals surface area (Å²) in [7, 11) is 0. The first-order valence-electron chi connectivity index (χ1n) is 7.08. The molecule has 1 aromatic rings. The second-order valence-electron chi connectivity index (χ2n) is 5.40. The predicted molar refractivity (Wildman–Crippen MR) is 83.7 cm³/mol. The molecule has 112 valence electrons. The van der Waals surface area contributed by atoms with Crippen LogP contribution in [0.5, 0.6) is 0 Å². The molecular weight excluding hydrogens is 334 g/mol. The van der Waals surface area contributed by atoms with Crippen LogP contribution in [0.4, 0.5) is 5.95 Å². The molecule has 2 heterocycles. The van der Waals surface area contributed by atoms with Gasteiger partial charge in [0.05, 0.1) is 10.4 Å². The lowest BCUT2D eigenvalue weighted by molar-refractivity contribution is -0.134. The molecule has 7 heteroatoms. The Morgan fingerprint density at radius 2 is 1.86 bits per heavy atom. The number of anilines is 1. The smallest absolute Gasteiger partial charge is 0.229 e. The maximum atomic E-state index is 12.4. The van der Waals surface area contributed by atoms with E-state index in [9.17, 15) is 4.79 Å². The molecule has 3 rings (SSSR count). The number of carbonyl (C=O) groups excluding carboxylic acids is 1. The zero-order chi connectivity index (χ0) is 14.8. The van der Waals surface area contributed by atoms with Gasteiger partial charge in [-0.25, -0.2) is 9.97 Å². The summed E-state index contributed by atoms with van der Waals surface area (Å²) >= 11 is 3.33. The lowest BCUT2D eigenvalue weighted by Crippen LogP contribution is -2.50. The van der Waals surface area contributed by atoms with Gasteiger partial charge < -0.3 is 15.5 Å². The minimum Gasteiger partial charge on any atom is -0.339 e. The number of hydrogen-bond donors (Lipinski definition) is 1. The molecule has 2 aliphatic rings. The standard InChI is InChI=1S/C14H18BrN5O/c15-11-8-17-14(18-9-11)20-5-3-19(4-6-20)13(21)10-1-2-12(16)7-10/h1-2,8-10,12H,3-7,16H2. The molecule has 2 N–H and O–H groups in total. The van der Waals surface area contributed by atoms with Crippen LogP contribution in [0, 0.1) is 5.92 Å². The molecule has 6 nitrogen and oxygen atoms in total. The zero-order valence-corrected chi connectivity index (χ0v) is 13.2. The predicted octanol–water partition coefficient (Wildman–Crippen LogP) is 0.791. The molecule has 1 amide bonds. The molecule has 21 heavy (non-hydrogen) atoms. The molecule has 1 aliphatic carbocycles. The van der Waals surface area contributed by atoms with Crippen LogP contribution in [-0.4, -0.2) is 53.0 Å². The molecule has 0 bridgehead atoms. The van der Waals surface area contributed by atoms with Crippen molar-refractivity contribution in [2.75, 3.05) is 31.1 Å². The molecule has 1 fully saturated rings. The van der Waals surface area contributed by atoms with Crippen LogP contribution in [0.3, 0.4) is 0 Å². The highest BCUT2D eigenvalue weighted by Crippen LogP contribution is 2.20. The van der Waals surface area contributed by atoms with Crippen molar-refractivity contribution in [2.24, 2.45) is 11.7 Å². The van der Waals surface area contributed by atoms with Gasteiger partial charge in [0.25, 0.3) is 0 Å². The number of hydrogen-bond acceptors (Lipinski definition) is 5. The largest absolute Gasteiger partial charge is 0.339 e. The highest BCUT2D eigenvalue weighted by molar-refractivity contribution is 9.10. The average molecular weight is 352 g/mol. The van der Waals surface area contributed by atoms with Crippen molar-refractivity contribution in [1.82, 2.24) is 14.9 Å². The Hall–Kier alpha value is -1.47. The molecular formula is C14H18BrN5O. The van der Waals surface area contributed by atoms with E-state index in [1.807, 2.05) is 17.1 Å². The average Bonchev–Trinajstić information content (AvgIpc) is 2.94. The van der Waals surface area contributed by atoms with Crippen molar-refractivity contribution in [1.29, 1.82) is 0 Å². The van der Waals surface area contributed by atoms with Crippen LogP contribution in [0.25, 0.3) is 0 Å². The molecule has 0 saturated carbocycles. The third-order valence-corrected chi connectivity index (χ3v) is 4.32. The number of nitrogens with two attached hydrogens (primary N) is 1. The minimum atomic E-state index is -0.0459. The molecule has 0 aromatic carbocycles. The number of piperazine rings is 1. The van der Waals surface area contributed by atoms with E-state index >= 15 is 0 Å². The Morgan fingerprint density at radius 3 is 2.43 bits per heavy atom. The highest BCUT2D eigenvalue weighted by atomic mass is 79.9. The summed E-state index contributed by atoms with van der Waals surface area (Å²) in [5.41, 5.74) is 5.82. The van der Waals surface area contributed by atoms with Gasteiger partial charge in [-0.1, -0.05) is 12.2 Å². The summed E-state index contributed by atoms with van der Waals surface area (Å²) < 4.78 is 0.865. The Balaban J connectivity index is 1.56. The van der Waals surface area contributed by atoms with Crippen LogP contribution in [0.2, 0.25) is 0 Å². The monoisotopic (exact) mass is 351 g/mol. The van der Waals surface area contributed by atoms with Crippen LogP contribution < -0.4 is 10.6 Å². The summed E-state index contributed by atoms with van der Waals surface area (Å²) in [6.07, 6.45) is 8.08. The zero-order valence-electron chi connectivity index (χ0n) is 11.7. The van der Waals surface area contributed by atoms with E-state index in [4.69, 9.17) is 5.73 Å². The van der Waals surface area contributed by atoms with Crippen LogP contribution >= 0.6 is 15.9 Å². The van der Waals surface area contributed by atoms with E-state index in [1.165, 1.54) is 0 Å². The van der Waals surface area contributed by atoms with Crippen LogP contribution in [0.15, 0.2) is 29.0 Å². The number of carbonyl (C=O) groups is 1. The summed E-state index contributed by atoms with van der Waals surface area (Å²) in [4.78, 5) is 25.0. The van der Waals surface area contributed by atoms with E-state index in [1.54, 1.807) is 12.4 Å². The Labute approximate surface area is 132 Å². The van der Waals surface area contributed by atoms with Gasteiger partial charge in [0.1, 0.15) is 0 Å². The van der Waals surface area contributed by atoms with Gasteiger partial charge in [-0.15, -0.1) is 0 Å². The first kappa shape index (κ1) is 14.5. The maximum absolute atomic E-state index is 12.4. The van der Waals surface area contributed by atoms with E-state index in [0.29, 0.717) is 19.0 Å². The summed E-state index contributed by atoms with van der Waals surface area (Å²) in [6, 6.07) is 0.0244. The van der Waals surface area contributed by atoms with E-state index in [0.717, 1.165) is 24.0 Å². The maximum Gasteiger partial charge on any atom is 0.229 e. The lowest BCUT2D eigenvalue weighted by atomic mass is 10.1. The Bertz CT molecular complexity index is 539. The summed E-state index contributed by atoms with van der Waals surface area (Å²) in [6.45, 7) is 2.93. The van der Waals surface area contributed by atoms with E-state index in [-0.39, 0.29) is 17.9 Å². The topological polar surface area (TPSA) is 75.4 Å². The van der Waals surface area contributed by atoms with Crippen LogP contribution in [0.1, 0.15) is 6.42 Å². The van der Waals surface area contributed by atoms with Crippen LogP contribution in [-0.2, 0) is 4.79 Å². The van der Waals surface area contributed by atoms with E-state index in [2.05, 4.69) is 30.8 Å². The van der Waals surface area contributed by atoms with Gasteiger partial charge >= 0.3 is 0 Å². The lowest BCUT2D eigenvalue weighted by Gasteiger charge is -2.35. The molecule has 0 radical (unpaired) electrons. The molecule has 0 spiro atoms. The van der Waals surface area contributed by atoms with Gasteiger partial charge in [-0.2, -0.15) is 0 Å². The number of nitrogens with zero attached hydrogens (tertiary/aromatic N) is 4. The van der Waals surface area contributed by atoms with Gasteiger partial charge in [0.2, 0.25) is 11.9 Å². The first-order chi connectivity index (χ1) is 10.1. The molecule has 1 saturated heterocycles. The van der Waals surface area contributed by atoms with Gasteiger partial charge in [0, 0.05) is 44.6 Å². The number of amides is 1. The highest BCUT2D eigenvalue weighted by Gasteiger charge is 2.29. The molecule has 1 aliphatic heterocycles. The third kappa shape index (κ3) is 3.24. The molecule has 2 atom stereocenters. The third-order valence-electron chi connectivity index (χ3n) is 3.91. The number of halogens is 1. The number of aromatic nitrogens is 2. The van der Waals surface area contributed by atoms with Crippen molar-refractivity contribution < 1.29 is 4.79 Å². The minimum absolute atomic E-state index is 0.0244. The fraction of sp³-hybridized carbons (Fsp3) is 0.500. The normalized spacial score (nSPS) is 25.4. The van der Waals surface area contributed by atoms with Crippen molar-refractivity contribution >= 4 is 27.8 Å². The van der Waals surface area contributed by atoms with Crippen molar-refractivity contribution in [3.63, 3.8) is 0 Å². The summed E-state index contributed by atoms with van der Waals surface area (Å²) in [5.74, 6) is 0.860. The van der Waals surface area contributed by atoms with Crippen molar-refractivity contribution in [3.8, 4) is 0 Å². The first-order valence-corrected chi connectivity index (χ1v) is 7.88. The van der Waals surface area contributed by atoms with Gasteiger partial charge in [-0.3, -0.25) is 4.79 Å². The van der Waals surface area contributed by atoms with Crippen molar-refractivity contribution in [2.45, 2.75) is 12.5 Å².